The molecule has 30 heavy (non-hydrogen) atoms. The summed E-state index contributed by atoms with van der Waals surface area (Å²) in [7, 11) is 0. The van der Waals surface area contributed by atoms with E-state index in [1.807, 2.05) is 0 Å². The van der Waals surface area contributed by atoms with Crippen LogP contribution in [0.5, 0.6) is 23.0 Å². The number of carbonyl (C=O) groups is 1. The molecule has 1 heterocycles. The van der Waals surface area contributed by atoms with Gasteiger partial charge in [0.15, 0.2) is 11.5 Å². The van der Waals surface area contributed by atoms with Gasteiger partial charge in [-0.2, -0.15) is 0 Å². The van der Waals surface area contributed by atoms with Crippen LogP contribution in [0.4, 0.5) is 0 Å². The number of hydrogen-bond donors (Lipinski definition) is 5. The van der Waals surface area contributed by atoms with Gasteiger partial charge in [-0.15, -0.1) is 0 Å². The van der Waals surface area contributed by atoms with Gasteiger partial charge in [0.25, 0.3) is 0 Å². The highest BCUT2D eigenvalue weighted by molar-refractivity contribution is 5.76. The number of hydrogen-bond acceptors (Lipinski definition) is 6. The highest BCUT2D eigenvalue weighted by Gasteiger charge is 2.33. The Hall–Kier alpha value is -2.93. The number of aromatic hydroxyl groups is 3. The van der Waals surface area contributed by atoms with E-state index in [4.69, 9.17) is 4.74 Å². The molecule has 162 valence electrons. The summed E-state index contributed by atoms with van der Waals surface area (Å²) in [6.07, 6.45) is 2.59. The van der Waals surface area contributed by atoms with E-state index in [0.29, 0.717) is 28.9 Å². The summed E-state index contributed by atoms with van der Waals surface area (Å²) in [5.41, 5.74) is 1.34. The highest BCUT2D eigenvalue weighted by atomic mass is 16.5. The monoisotopic (exact) mass is 416 g/mol. The third-order valence-corrected chi connectivity index (χ3v) is 5.60. The second kappa shape index (κ2) is 9.26. The lowest BCUT2D eigenvalue weighted by atomic mass is 9.88. The van der Waals surface area contributed by atoms with Crippen molar-refractivity contribution in [2.24, 2.45) is 0 Å². The molecule has 0 fully saturated rings. The Kier molecular flexibility index (Phi) is 6.72. The molecule has 1 unspecified atom stereocenters. The van der Waals surface area contributed by atoms with E-state index >= 15 is 0 Å². The van der Waals surface area contributed by atoms with Crippen LogP contribution in [0.1, 0.15) is 67.7 Å². The van der Waals surface area contributed by atoms with Gasteiger partial charge >= 0.3 is 5.97 Å². The van der Waals surface area contributed by atoms with Crippen LogP contribution >= 0.6 is 0 Å². The molecule has 0 saturated carbocycles. The number of ether oxygens (including phenoxy) is 1. The molecular weight excluding hydrogens is 388 g/mol. The maximum absolute atomic E-state index is 11.8. The number of rotatable bonds is 8. The Labute approximate surface area is 175 Å². The first-order chi connectivity index (χ1) is 14.3. The molecular formula is C23H28O7. The van der Waals surface area contributed by atoms with Crippen LogP contribution in [0.3, 0.4) is 0 Å². The summed E-state index contributed by atoms with van der Waals surface area (Å²) in [5.74, 6) is -2.12. The Morgan fingerprint density at radius 2 is 1.83 bits per heavy atom. The maximum Gasteiger partial charge on any atom is 0.310 e. The summed E-state index contributed by atoms with van der Waals surface area (Å²) >= 11 is 0. The molecule has 0 bridgehead atoms. The Balaban J connectivity index is 1.89. The number of phenols is 3. The number of benzene rings is 2. The fraction of sp³-hybridized carbons (Fsp3) is 0.435. The van der Waals surface area contributed by atoms with Crippen LogP contribution in [-0.2, 0) is 11.2 Å². The lowest BCUT2D eigenvalue weighted by molar-refractivity contribution is -0.139. The predicted molar refractivity (Wildman–Crippen MR) is 110 cm³/mol. The second-order valence-corrected chi connectivity index (χ2v) is 7.81. The number of fused-ring (bicyclic) bond motifs is 1. The fourth-order valence-corrected chi connectivity index (χ4v) is 3.91. The average molecular weight is 416 g/mol. The van der Waals surface area contributed by atoms with Gasteiger partial charge in [0.1, 0.15) is 17.6 Å². The Morgan fingerprint density at radius 1 is 1.07 bits per heavy atom. The van der Waals surface area contributed by atoms with E-state index in [2.05, 4.69) is 6.92 Å². The summed E-state index contributed by atoms with van der Waals surface area (Å²) in [4.78, 5) is 11.8. The van der Waals surface area contributed by atoms with Crippen LogP contribution in [0.2, 0.25) is 0 Å². The van der Waals surface area contributed by atoms with E-state index in [1.54, 1.807) is 6.07 Å². The zero-order valence-corrected chi connectivity index (χ0v) is 16.9. The normalized spacial score (nSPS) is 19.0. The summed E-state index contributed by atoms with van der Waals surface area (Å²) in [6.45, 7) is 2.09. The summed E-state index contributed by atoms with van der Waals surface area (Å²) < 4.78 is 5.92. The molecule has 1 aliphatic rings. The highest BCUT2D eigenvalue weighted by Crippen LogP contribution is 2.43. The van der Waals surface area contributed by atoms with Gasteiger partial charge in [-0.05, 0) is 41.8 Å². The van der Waals surface area contributed by atoms with E-state index < -0.39 is 24.1 Å². The first-order valence-corrected chi connectivity index (χ1v) is 10.3. The van der Waals surface area contributed by atoms with Crippen molar-refractivity contribution in [1.29, 1.82) is 0 Å². The SMILES string of the molecule is CCCCCC[C@@H](C(=O)O)c1cc(O)c2c(c1)OC(c1ccc(O)c(O)c1)[C@H](O)C2. The van der Waals surface area contributed by atoms with Crippen molar-refractivity contribution in [3.8, 4) is 23.0 Å². The number of carboxylic acid groups (broad SMARTS) is 1. The Morgan fingerprint density at radius 3 is 2.50 bits per heavy atom. The molecule has 0 radical (unpaired) electrons. The average Bonchev–Trinajstić information content (AvgIpc) is 2.70. The van der Waals surface area contributed by atoms with Crippen molar-refractivity contribution in [3.05, 3.63) is 47.0 Å². The smallest absolute Gasteiger partial charge is 0.310 e. The quantitative estimate of drug-likeness (QED) is 0.325. The van der Waals surface area contributed by atoms with Crippen LogP contribution < -0.4 is 4.74 Å². The molecule has 0 amide bonds. The molecule has 2 aromatic rings. The lowest BCUT2D eigenvalue weighted by Crippen LogP contribution is -2.30. The van der Waals surface area contributed by atoms with Crippen LogP contribution in [0.15, 0.2) is 30.3 Å². The van der Waals surface area contributed by atoms with Gasteiger partial charge in [-0.25, -0.2) is 0 Å². The minimum atomic E-state index is -0.984. The molecule has 7 nitrogen and oxygen atoms in total. The van der Waals surface area contributed by atoms with Crippen LogP contribution in [-0.4, -0.2) is 37.6 Å². The molecule has 3 atom stereocenters. The summed E-state index contributed by atoms with van der Waals surface area (Å²) in [5, 5.41) is 50.0. The van der Waals surface area contributed by atoms with Crippen molar-refractivity contribution in [3.63, 3.8) is 0 Å². The van der Waals surface area contributed by atoms with Gasteiger partial charge in [0, 0.05) is 12.0 Å². The number of aliphatic carboxylic acids is 1. The molecule has 3 rings (SSSR count). The van der Waals surface area contributed by atoms with Gasteiger partial charge < -0.3 is 30.3 Å². The third-order valence-electron chi connectivity index (χ3n) is 5.60. The van der Waals surface area contributed by atoms with Gasteiger partial charge in [0.2, 0.25) is 0 Å². The van der Waals surface area contributed by atoms with Crippen LogP contribution in [0, 0.1) is 0 Å². The topological polar surface area (TPSA) is 127 Å². The maximum atomic E-state index is 11.8. The molecule has 0 aromatic heterocycles. The van der Waals surface area contributed by atoms with Crippen molar-refractivity contribution in [1.82, 2.24) is 0 Å². The van der Waals surface area contributed by atoms with E-state index in [9.17, 15) is 30.3 Å². The number of aliphatic hydroxyl groups excluding tert-OH is 1. The first-order valence-electron chi connectivity index (χ1n) is 10.3. The predicted octanol–water partition coefficient (Wildman–Crippen LogP) is 3.98. The molecule has 0 saturated heterocycles. The van der Waals surface area contributed by atoms with Gasteiger partial charge in [-0.3, -0.25) is 4.79 Å². The standard InChI is InChI=1S/C23H28O7/c1-2-3-4-5-6-15(23(28)29)14-10-18(25)16-12-20(27)22(30-21(16)11-14)13-7-8-17(24)19(26)9-13/h7-11,15,20,22,24-27H,2-6,12H2,1H3,(H,28,29)/t15-,20-,22?/m1/s1. The first kappa shape index (κ1) is 21.8. The lowest BCUT2D eigenvalue weighted by Gasteiger charge is -2.32. The fourth-order valence-electron chi connectivity index (χ4n) is 3.91. The molecule has 0 spiro atoms. The van der Waals surface area contributed by atoms with E-state index in [-0.39, 0.29) is 23.7 Å². The molecule has 0 aliphatic carbocycles. The van der Waals surface area contributed by atoms with Crippen molar-refractivity contribution >= 4 is 5.97 Å². The number of phenolic OH excluding ortho intramolecular Hbond substituents is 3. The minimum Gasteiger partial charge on any atom is -0.508 e. The molecule has 2 aromatic carbocycles. The molecule has 7 heteroatoms. The van der Waals surface area contributed by atoms with Gasteiger partial charge in [0.05, 0.1) is 12.0 Å². The summed E-state index contributed by atoms with van der Waals surface area (Å²) in [6, 6.07) is 7.21. The van der Waals surface area contributed by atoms with Crippen molar-refractivity contribution in [2.75, 3.05) is 0 Å². The number of carboxylic acids is 1. The Bertz CT molecular complexity index is 909. The number of aliphatic hydroxyl groups is 1. The third kappa shape index (κ3) is 4.62. The van der Waals surface area contributed by atoms with Crippen LogP contribution in [0.25, 0.3) is 0 Å². The molecule has 5 N–H and O–H groups in total. The molecule has 1 aliphatic heterocycles. The zero-order chi connectivity index (χ0) is 21.8. The number of unbranched alkanes of at least 4 members (excludes halogenated alkanes) is 3. The van der Waals surface area contributed by atoms with Crippen molar-refractivity contribution < 1.29 is 35.1 Å². The second-order valence-electron chi connectivity index (χ2n) is 7.81. The van der Waals surface area contributed by atoms with E-state index in [1.165, 1.54) is 24.3 Å². The zero-order valence-electron chi connectivity index (χ0n) is 16.9. The van der Waals surface area contributed by atoms with Gasteiger partial charge in [-0.1, -0.05) is 38.7 Å². The van der Waals surface area contributed by atoms with Crippen molar-refractivity contribution in [2.45, 2.75) is 63.6 Å². The van der Waals surface area contributed by atoms with E-state index in [0.717, 1.165) is 25.7 Å². The largest absolute Gasteiger partial charge is 0.508 e. The minimum absolute atomic E-state index is 0.103.